The molecular weight excluding hydrogens is 230 g/mol. The highest BCUT2D eigenvalue weighted by Crippen LogP contribution is 2.20. The standard InChI is InChI=1S/C12H17N5O/c1-2-18-12-10(13)3-4-11(16-12)15-6-8-17-7-5-14-9-17/h3-5,7,9H,2,6,8,13H2,1H3,(H,15,16). The lowest BCUT2D eigenvalue weighted by Crippen LogP contribution is -2.11. The second kappa shape index (κ2) is 5.90. The van der Waals surface area contributed by atoms with Gasteiger partial charge in [-0.3, -0.25) is 0 Å². The van der Waals surface area contributed by atoms with Crippen molar-refractivity contribution >= 4 is 11.5 Å². The molecule has 2 aromatic heterocycles. The third-order valence-electron chi connectivity index (χ3n) is 2.41. The Morgan fingerprint density at radius 2 is 2.33 bits per heavy atom. The van der Waals surface area contributed by atoms with Crippen LogP contribution in [0.2, 0.25) is 0 Å². The van der Waals surface area contributed by atoms with Gasteiger partial charge in [0.15, 0.2) is 0 Å². The van der Waals surface area contributed by atoms with E-state index < -0.39 is 0 Å². The minimum Gasteiger partial charge on any atom is -0.476 e. The van der Waals surface area contributed by atoms with Gasteiger partial charge in [-0.1, -0.05) is 0 Å². The van der Waals surface area contributed by atoms with E-state index in [1.807, 2.05) is 23.8 Å². The molecule has 96 valence electrons. The highest BCUT2D eigenvalue weighted by atomic mass is 16.5. The molecule has 0 atom stereocenters. The first-order chi connectivity index (χ1) is 8.79. The van der Waals surface area contributed by atoms with Crippen LogP contribution in [0.3, 0.4) is 0 Å². The summed E-state index contributed by atoms with van der Waals surface area (Å²) in [5, 5.41) is 3.21. The quantitative estimate of drug-likeness (QED) is 0.806. The van der Waals surface area contributed by atoms with E-state index in [0.29, 0.717) is 18.2 Å². The Morgan fingerprint density at radius 3 is 3.06 bits per heavy atom. The monoisotopic (exact) mass is 247 g/mol. The van der Waals surface area contributed by atoms with Gasteiger partial charge >= 0.3 is 0 Å². The Labute approximate surface area is 106 Å². The van der Waals surface area contributed by atoms with E-state index in [9.17, 15) is 0 Å². The highest BCUT2D eigenvalue weighted by Gasteiger charge is 2.03. The topological polar surface area (TPSA) is 78.0 Å². The fourth-order valence-electron chi connectivity index (χ4n) is 1.53. The van der Waals surface area contributed by atoms with Gasteiger partial charge in [0.05, 0.1) is 18.6 Å². The third kappa shape index (κ3) is 3.13. The number of rotatable bonds is 6. The maximum atomic E-state index is 5.75. The van der Waals surface area contributed by atoms with Gasteiger partial charge in [-0.05, 0) is 19.1 Å². The van der Waals surface area contributed by atoms with Gasteiger partial charge in [-0.15, -0.1) is 0 Å². The van der Waals surface area contributed by atoms with Gasteiger partial charge in [0.25, 0.3) is 0 Å². The van der Waals surface area contributed by atoms with Crippen molar-refractivity contribution in [3.05, 3.63) is 30.9 Å². The van der Waals surface area contributed by atoms with Crippen molar-refractivity contribution in [2.45, 2.75) is 13.5 Å². The van der Waals surface area contributed by atoms with Crippen LogP contribution in [-0.4, -0.2) is 27.7 Å². The lowest BCUT2D eigenvalue weighted by molar-refractivity contribution is 0.329. The van der Waals surface area contributed by atoms with Crippen molar-refractivity contribution in [2.24, 2.45) is 0 Å². The van der Waals surface area contributed by atoms with Crippen LogP contribution in [0.1, 0.15) is 6.92 Å². The molecular formula is C12H17N5O. The first-order valence-corrected chi connectivity index (χ1v) is 5.88. The van der Waals surface area contributed by atoms with E-state index >= 15 is 0 Å². The first kappa shape index (κ1) is 12.2. The smallest absolute Gasteiger partial charge is 0.239 e. The molecule has 0 bridgehead atoms. The van der Waals surface area contributed by atoms with Gasteiger partial charge in [0.1, 0.15) is 5.82 Å². The maximum Gasteiger partial charge on any atom is 0.239 e. The molecule has 2 aromatic rings. The number of nitrogen functional groups attached to an aromatic ring is 1. The molecule has 0 radical (unpaired) electrons. The lowest BCUT2D eigenvalue weighted by atomic mass is 10.4. The van der Waals surface area contributed by atoms with Crippen LogP contribution in [-0.2, 0) is 6.54 Å². The van der Waals surface area contributed by atoms with Crippen molar-refractivity contribution in [1.29, 1.82) is 0 Å². The number of imidazole rings is 1. The minimum atomic E-state index is 0.477. The summed E-state index contributed by atoms with van der Waals surface area (Å²) in [6.07, 6.45) is 5.46. The maximum absolute atomic E-state index is 5.75. The van der Waals surface area contributed by atoms with Gasteiger partial charge in [0.2, 0.25) is 5.88 Å². The Morgan fingerprint density at radius 1 is 1.44 bits per heavy atom. The van der Waals surface area contributed by atoms with Crippen molar-refractivity contribution in [3.63, 3.8) is 0 Å². The Kier molecular flexibility index (Phi) is 4.01. The number of anilines is 2. The molecule has 0 aliphatic rings. The van der Waals surface area contributed by atoms with Gasteiger partial charge in [-0.2, -0.15) is 4.98 Å². The molecule has 0 fully saturated rings. The summed E-state index contributed by atoms with van der Waals surface area (Å²) in [5.74, 6) is 1.23. The van der Waals surface area contributed by atoms with Crippen LogP contribution in [0.5, 0.6) is 5.88 Å². The number of ether oxygens (including phenoxy) is 1. The molecule has 0 saturated carbocycles. The molecule has 6 nitrogen and oxygen atoms in total. The summed E-state index contributed by atoms with van der Waals surface area (Å²) in [6, 6.07) is 3.63. The van der Waals surface area contributed by atoms with Crippen LogP contribution >= 0.6 is 0 Å². The number of pyridine rings is 1. The summed E-state index contributed by atoms with van der Waals surface area (Å²) in [4.78, 5) is 8.28. The number of nitrogens with two attached hydrogens (primary N) is 1. The molecule has 0 spiro atoms. The number of nitrogens with zero attached hydrogens (tertiary/aromatic N) is 3. The third-order valence-corrected chi connectivity index (χ3v) is 2.41. The second-order valence-corrected chi connectivity index (χ2v) is 3.75. The molecule has 0 aromatic carbocycles. The lowest BCUT2D eigenvalue weighted by Gasteiger charge is -2.10. The highest BCUT2D eigenvalue weighted by molar-refractivity contribution is 5.53. The van der Waals surface area contributed by atoms with Crippen molar-refractivity contribution in [3.8, 4) is 5.88 Å². The second-order valence-electron chi connectivity index (χ2n) is 3.75. The largest absolute Gasteiger partial charge is 0.476 e. The molecule has 0 aliphatic carbocycles. The molecule has 0 amide bonds. The molecule has 3 N–H and O–H groups in total. The van der Waals surface area contributed by atoms with E-state index in [-0.39, 0.29) is 0 Å². The molecule has 0 saturated heterocycles. The fraction of sp³-hybridized carbons (Fsp3) is 0.333. The number of hydrogen-bond acceptors (Lipinski definition) is 5. The van der Waals surface area contributed by atoms with Crippen LogP contribution < -0.4 is 15.8 Å². The van der Waals surface area contributed by atoms with Crippen molar-refractivity contribution in [1.82, 2.24) is 14.5 Å². The Bertz CT molecular complexity index is 483. The van der Waals surface area contributed by atoms with Gasteiger partial charge < -0.3 is 20.4 Å². The van der Waals surface area contributed by atoms with Crippen LogP contribution in [0.15, 0.2) is 30.9 Å². The Hall–Kier alpha value is -2.24. The van der Waals surface area contributed by atoms with E-state index in [0.717, 1.165) is 18.9 Å². The van der Waals surface area contributed by atoms with E-state index in [1.54, 1.807) is 18.6 Å². The average molecular weight is 247 g/mol. The Balaban J connectivity index is 1.90. The van der Waals surface area contributed by atoms with Crippen LogP contribution in [0.25, 0.3) is 0 Å². The summed E-state index contributed by atoms with van der Waals surface area (Å²) in [5.41, 5.74) is 6.31. The molecule has 2 rings (SSSR count). The summed E-state index contributed by atoms with van der Waals surface area (Å²) >= 11 is 0. The zero-order chi connectivity index (χ0) is 12.8. The fourth-order valence-corrected chi connectivity index (χ4v) is 1.53. The first-order valence-electron chi connectivity index (χ1n) is 5.88. The zero-order valence-corrected chi connectivity index (χ0v) is 10.3. The SMILES string of the molecule is CCOc1nc(NCCn2ccnc2)ccc1N. The summed E-state index contributed by atoms with van der Waals surface area (Å²) < 4.78 is 7.33. The number of aromatic nitrogens is 3. The summed E-state index contributed by atoms with van der Waals surface area (Å²) in [6.45, 7) is 4.05. The minimum absolute atomic E-state index is 0.477. The predicted octanol–water partition coefficient (Wildman–Crippen LogP) is 1.37. The summed E-state index contributed by atoms with van der Waals surface area (Å²) in [7, 11) is 0. The molecule has 2 heterocycles. The average Bonchev–Trinajstić information content (AvgIpc) is 2.87. The van der Waals surface area contributed by atoms with Crippen LogP contribution in [0.4, 0.5) is 11.5 Å². The number of nitrogens with one attached hydrogen (secondary N) is 1. The van der Waals surface area contributed by atoms with Gasteiger partial charge in [0, 0.05) is 25.5 Å². The molecule has 0 aliphatic heterocycles. The molecule has 18 heavy (non-hydrogen) atoms. The van der Waals surface area contributed by atoms with E-state index in [4.69, 9.17) is 10.5 Å². The van der Waals surface area contributed by atoms with Crippen molar-refractivity contribution < 1.29 is 4.74 Å². The van der Waals surface area contributed by atoms with Crippen molar-refractivity contribution in [2.75, 3.05) is 24.2 Å². The van der Waals surface area contributed by atoms with Crippen LogP contribution in [0, 0.1) is 0 Å². The van der Waals surface area contributed by atoms with E-state index in [1.165, 1.54) is 0 Å². The molecule has 0 unspecified atom stereocenters. The van der Waals surface area contributed by atoms with E-state index in [2.05, 4.69) is 15.3 Å². The normalized spacial score (nSPS) is 10.3. The van der Waals surface area contributed by atoms with Gasteiger partial charge in [-0.25, -0.2) is 4.98 Å². The molecule has 6 heteroatoms. The predicted molar refractivity (Wildman–Crippen MR) is 70.5 cm³/mol. The zero-order valence-electron chi connectivity index (χ0n) is 10.3. The number of hydrogen-bond donors (Lipinski definition) is 2.